The zero-order valence-corrected chi connectivity index (χ0v) is 13.9. The van der Waals surface area contributed by atoms with Crippen molar-refractivity contribution in [1.29, 1.82) is 0 Å². The molecule has 0 N–H and O–H groups in total. The summed E-state index contributed by atoms with van der Waals surface area (Å²) in [6, 6.07) is 5.39. The molecule has 108 valence electrons. The van der Waals surface area contributed by atoms with Gasteiger partial charge >= 0.3 is 0 Å². The van der Waals surface area contributed by atoms with Crippen LogP contribution in [0.3, 0.4) is 0 Å². The summed E-state index contributed by atoms with van der Waals surface area (Å²) in [5.41, 5.74) is 3.22. The summed E-state index contributed by atoms with van der Waals surface area (Å²) < 4.78 is 6.56. The summed E-state index contributed by atoms with van der Waals surface area (Å²) in [7, 11) is 0. The minimum atomic E-state index is 0.484. The molecule has 0 bridgehead atoms. The molecule has 0 unspecified atom stereocenters. The van der Waals surface area contributed by atoms with Crippen molar-refractivity contribution in [3.05, 3.63) is 51.5 Å². The minimum Gasteiger partial charge on any atom is -0.489 e. The SMILES string of the molecule is CC(C)=CCC/C(C)=C/COc1cc(Br)ccc1C=O. The summed E-state index contributed by atoms with van der Waals surface area (Å²) in [5, 5.41) is 0. The Morgan fingerprint density at radius 2 is 2.00 bits per heavy atom. The van der Waals surface area contributed by atoms with Crippen molar-refractivity contribution in [3.8, 4) is 5.75 Å². The van der Waals surface area contributed by atoms with Crippen LogP contribution in [0.5, 0.6) is 5.75 Å². The van der Waals surface area contributed by atoms with Gasteiger partial charge in [-0.3, -0.25) is 4.79 Å². The van der Waals surface area contributed by atoms with Crippen molar-refractivity contribution in [3.63, 3.8) is 0 Å². The molecule has 0 saturated heterocycles. The molecule has 0 fully saturated rings. The van der Waals surface area contributed by atoms with Crippen LogP contribution in [0.4, 0.5) is 0 Å². The first-order chi connectivity index (χ1) is 9.52. The molecule has 0 aromatic heterocycles. The second-order valence-electron chi connectivity index (χ2n) is 4.98. The monoisotopic (exact) mass is 336 g/mol. The molecule has 20 heavy (non-hydrogen) atoms. The van der Waals surface area contributed by atoms with Crippen molar-refractivity contribution in [2.75, 3.05) is 6.61 Å². The lowest BCUT2D eigenvalue weighted by Crippen LogP contribution is -1.98. The highest BCUT2D eigenvalue weighted by Gasteiger charge is 2.02. The Bertz CT molecular complexity index is 512. The van der Waals surface area contributed by atoms with Gasteiger partial charge in [0.25, 0.3) is 0 Å². The zero-order valence-electron chi connectivity index (χ0n) is 12.3. The van der Waals surface area contributed by atoms with Crippen LogP contribution in [0.2, 0.25) is 0 Å². The van der Waals surface area contributed by atoms with Gasteiger partial charge in [-0.2, -0.15) is 0 Å². The molecule has 0 radical (unpaired) electrons. The van der Waals surface area contributed by atoms with Gasteiger partial charge in [-0.05, 0) is 57.9 Å². The van der Waals surface area contributed by atoms with Gasteiger partial charge in [-0.25, -0.2) is 0 Å². The fourth-order valence-corrected chi connectivity index (χ4v) is 2.03. The van der Waals surface area contributed by atoms with Gasteiger partial charge in [0.05, 0.1) is 5.56 Å². The summed E-state index contributed by atoms with van der Waals surface area (Å²) in [5.74, 6) is 0.614. The third-order valence-electron chi connectivity index (χ3n) is 2.86. The second kappa shape index (κ2) is 8.75. The van der Waals surface area contributed by atoms with Gasteiger partial charge in [-0.1, -0.05) is 33.2 Å². The van der Waals surface area contributed by atoms with Gasteiger partial charge < -0.3 is 4.74 Å². The maximum atomic E-state index is 10.9. The number of carbonyl (C=O) groups is 1. The number of hydrogen-bond acceptors (Lipinski definition) is 2. The van der Waals surface area contributed by atoms with Crippen molar-refractivity contribution in [2.24, 2.45) is 0 Å². The Labute approximate surface area is 129 Å². The quantitative estimate of drug-likeness (QED) is 0.496. The van der Waals surface area contributed by atoms with Crippen LogP contribution in [0.25, 0.3) is 0 Å². The van der Waals surface area contributed by atoms with E-state index in [2.05, 4.69) is 48.9 Å². The Balaban J connectivity index is 2.53. The van der Waals surface area contributed by atoms with E-state index in [4.69, 9.17) is 4.74 Å². The molecule has 0 atom stereocenters. The predicted molar refractivity (Wildman–Crippen MR) is 87.4 cm³/mol. The average molecular weight is 337 g/mol. The molecular weight excluding hydrogens is 316 g/mol. The van der Waals surface area contributed by atoms with Gasteiger partial charge in [0.15, 0.2) is 6.29 Å². The van der Waals surface area contributed by atoms with Crippen LogP contribution in [0.1, 0.15) is 44.0 Å². The molecule has 0 aliphatic carbocycles. The fraction of sp³-hybridized carbons (Fsp3) is 0.353. The minimum absolute atomic E-state index is 0.484. The molecule has 0 amide bonds. The summed E-state index contributed by atoms with van der Waals surface area (Å²) in [6.45, 7) is 6.80. The van der Waals surface area contributed by atoms with Crippen LogP contribution in [0.15, 0.2) is 46.0 Å². The first-order valence-corrected chi connectivity index (χ1v) is 7.48. The molecule has 0 spiro atoms. The van der Waals surface area contributed by atoms with Gasteiger partial charge in [0, 0.05) is 4.47 Å². The van der Waals surface area contributed by atoms with E-state index in [0.29, 0.717) is 17.9 Å². The Hall–Kier alpha value is -1.35. The summed E-state index contributed by atoms with van der Waals surface area (Å²) in [4.78, 5) is 10.9. The number of rotatable bonds is 7. The zero-order chi connectivity index (χ0) is 15.0. The number of carbonyl (C=O) groups excluding carboxylic acids is 1. The summed E-state index contributed by atoms with van der Waals surface area (Å²) in [6.07, 6.45) is 7.20. The van der Waals surface area contributed by atoms with E-state index in [0.717, 1.165) is 23.6 Å². The number of benzene rings is 1. The third kappa shape index (κ3) is 6.20. The van der Waals surface area contributed by atoms with E-state index in [1.54, 1.807) is 6.07 Å². The smallest absolute Gasteiger partial charge is 0.153 e. The van der Waals surface area contributed by atoms with Crippen LogP contribution < -0.4 is 4.74 Å². The molecule has 3 heteroatoms. The number of halogens is 1. The fourth-order valence-electron chi connectivity index (χ4n) is 1.69. The average Bonchev–Trinajstić information content (AvgIpc) is 2.38. The van der Waals surface area contributed by atoms with Crippen molar-refractivity contribution >= 4 is 22.2 Å². The molecule has 2 nitrogen and oxygen atoms in total. The summed E-state index contributed by atoms with van der Waals surface area (Å²) >= 11 is 3.38. The highest BCUT2D eigenvalue weighted by atomic mass is 79.9. The van der Waals surface area contributed by atoms with E-state index < -0.39 is 0 Å². The topological polar surface area (TPSA) is 26.3 Å². The lowest BCUT2D eigenvalue weighted by Gasteiger charge is -2.07. The van der Waals surface area contributed by atoms with Gasteiger partial charge in [0.1, 0.15) is 12.4 Å². The molecule has 0 saturated carbocycles. The van der Waals surface area contributed by atoms with Crippen LogP contribution in [0, 0.1) is 0 Å². The first-order valence-electron chi connectivity index (χ1n) is 6.69. The highest BCUT2D eigenvalue weighted by Crippen LogP contribution is 2.22. The van der Waals surface area contributed by atoms with Crippen LogP contribution in [-0.2, 0) is 0 Å². The van der Waals surface area contributed by atoms with E-state index in [-0.39, 0.29) is 0 Å². The van der Waals surface area contributed by atoms with E-state index in [1.165, 1.54) is 11.1 Å². The number of allylic oxidation sites excluding steroid dienone is 3. The first kappa shape index (κ1) is 16.7. The van der Waals surface area contributed by atoms with E-state index in [1.807, 2.05) is 12.1 Å². The van der Waals surface area contributed by atoms with Crippen molar-refractivity contribution < 1.29 is 9.53 Å². The molecular formula is C17H21BrO2. The predicted octanol–water partition coefficient (Wildman–Crippen LogP) is 5.33. The lowest BCUT2D eigenvalue weighted by molar-refractivity contribution is 0.112. The number of aldehydes is 1. The number of ether oxygens (including phenoxy) is 1. The Kier molecular flexibility index (Phi) is 7.31. The van der Waals surface area contributed by atoms with Crippen LogP contribution >= 0.6 is 15.9 Å². The molecule has 0 aliphatic rings. The largest absolute Gasteiger partial charge is 0.489 e. The van der Waals surface area contributed by atoms with Crippen molar-refractivity contribution in [1.82, 2.24) is 0 Å². The van der Waals surface area contributed by atoms with Gasteiger partial charge in [0.2, 0.25) is 0 Å². The van der Waals surface area contributed by atoms with E-state index >= 15 is 0 Å². The lowest BCUT2D eigenvalue weighted by atomic mass is 10.1. The van der Waals surface area contributed by atoms with Gasteiger partial charge in [-0.15, -0.1) is 0 Å². The third-order valence-corrected chi connectivity index (χ3v) is 3.36. The molecule has 0 heterocycles. The standard InChI is InChI=1S/C17H21BrO2/c1-13(2)5-4-6-14(3)9-10-20-17-11-16(18)8-7-15(17)12-19/h5,7-9,11-12H,4,6,10H2,1-3H3/b14-9+. The van der Waals surface area contributed by atoms with Crippen LogP contribution in [-0.4, -0.2) is 12.9 Å². The van der Waals surface area contributed by atoms with Crippen molar-refractivity contribution in [2.45, 2.75) is 33.6 Å². The normalized spacial score (nSPS) is 11.1. The Morgan fingerprint density at radius 3 is 2.65 bits per heavy atom. The number of hydrogen-bond donors (Lipinski definition) is 0. The molecule has 1 rings (SSSR count). The Morgan fingerprint density at radius 1 is 1.25 bits per heavy atom. The second-order valence-corrected chi connectivity index (χ2v) is 5.90. The maximum Gasteiger partial charge on any atom is 0.153 e. The molecule has 1 aromatic carbocycles. The molecule has 1 aromatic rings. The van der Waals surface area contributed by atoms with E-state index in [9.17, 15) is 4.79 Å². The highest BCUT2D eigenvalue weighted by molar-refractivity contribution is 9.10. The molecule has 0 aliphatic heterocycles. The maximum absolute atomic E-state index is 10.9.